The number of aromatic hydroxyl groups is 2. The molecule has 27 heavy (non-hydrogen) atoms. The van der Waals surface area contributed by atoms with Crippen molar-refractivity contribution in [3.8, 4) is 22.6 Å². The lowest BCUT2D eigenvalue weighted by molar-refractivity contribution is -0.117. The summed E-state index contributed by atoms with van der Waals surface area (Å²) >= 11 is 0. The first-order chi connectivity index (χ1) is 12.9. The van der Waals surface area contributed by atoms with Gasteiger partial charge in [-0.1, -0.05) is 0 Å². The van der Waals surface area contributed by atoms with Crippen LogP contribution in [0.15, 0.2) is 18.2 Å². The number of anilines is 1. The molecule has 140 valence electrons. The van der Waals surface area contributed by atoms with Crippen molar-refractivity contribution in [1.82, 2.24) is 0 Å². The van der Waals surface area contributed by atoms with E-state index in [1.54, 1.807) is 24.0 Å². The number of carbonyl (C=O) groups excluding carboxylic acids is 1. The Hall–Kier alpha value is -2.56. The molecule has 0 radical (unpaired) electrons. The number of rotatable bonds is 4. The van der Waals surface area contributed by atoms with Crippen LogP contribution in [0, 0.1) is 18.7 Å². The van der Waals surface area contributed by atoms with Crippen molar-refractivity contribution in [1.29, 1.82) is 0 Å². The maximum atomic E-state index is 14.8. The molecule has 1 aliphatic heterocycles. The third kappa shape index (κ3) is 2.68. The molecule has 2 aromatic rings. The van der Waals surface area contributed by atoms with Crippen LogP contribution >= 0.6 is 0 Å². The van der Waals surface area contributed by atoms with E-state index in [1.165, 1.54) is 18.9 Å². The zero-order valence-electron chi connectivity index (χ0n) is 15.3. The lowest BCUT2D eigenvalue weighted by Gasteiger charge is -2.20. The first-order valence-corrected chi connectivity index (χ1v) is 9.63. The molecule has 0 saturated heterocycles. The van der Waals surface area contributed by atoms with Crippen molar-refractivity contribution in [2.75, 3.05) is 4.90 Å². The fourth-order valence-electron chi connectivity index (χ4n) is 4.39. The Kier molecular flexibility index (Phi) is 3.51. The minimum atomic E-state index is -0.409. The molecule has 0 aromatic heterocycles. The van der Waals surface area contributed by atoms with Gasteiger partial charge >= 0.3 is 0 Å². The zero-order valence-corrected chi connectivity index (χ0v) is 15.3. The van der Waals surface area contributed by atoms with Crippen molar-refractivity contribution >= 4 is 11.6 Å². The third-order valence-corrected chi connectivity index (χ3v) is 5.93. The molecular formula is C22H22FNO3. The van der Waals surface area contributed by atoms with Crippen LogP contribution in [-0.4, -0.2) is 22.2 Å². The Bertz CT molecular complexity index is 953. The van der Waals surface area contributed by atoms with Crippen LogP contribution in [0.2, 0.25) is 0 Å². The van der Waals surface area contributed by atoms with Gasteiger partial charge in [-0.05, 0) is 85.4 Å². The number of amides is 1. The first-order valence-electron chi connectivity index (χ1n) is 9.63. The predicted octanol–water partition coefficient (Wildman–Crippen LogP) is 4.22. The summed E-state index contributed by atoms with van der Waals surface area (Å²) in [6.45, 7) is 1.75. The van der Waals surface area contributed by atoms with E-state index >= 15 is 0 Å². The van der Waals surface area contributed by atoms with Crippen LogP contribution in [0.3, 0.4) is 0 Å². The fraction of sp³-hybridized carbons (Fsp3) is 0.409. The summed E-state index contributed by atoms with van der Waals surface area (Å²) in [4.78, 5) is 14.1. The second-order valence-corrected chi connectivity index (χ2v) is 8.21. The van der Waals surface area contributed by atoms with Gasteiger partial charge in [0.1, 0.15) is 17.3 Å². The molecule has 0 bridgehead atoms. The number of carbonyl (C=O) groups is 1. The lowest BCUT2D eigenvalue weighted by atomic mass is 9.90. The van der Waals surface area contributed by atoms with E-state index in [9.17, 15) is 19.4 Å². The van der Waals surface area contributed by atoms with E-state index in [0.29, 0.717) is 33.9 Å². The van der Waals surface area contributed by atoms with Gasteiger partial charge in [0.05, 0.1) is 17.7 Å². The molecule has 2 aliphatic carbocycles. The van der Waals surface area contributed by atoms with Crippen molar-refractivity contribution in [3.05, 3.63) is 40.7 Å². The number of halogens is 1. The van der Waals surface area contributed by atoms with Gasteiger partial charge in [0.25, 0.3) is 0 Å². The van der Waals surface area contributed by atoms with E-state index in [0.717, 1.165) is 24.8 Å². The van der Waals surface area contributed by atoms with Gasteiger partial charge in [-0.15, -0.1) is 0 Å². The standard InChI is InChI=1S/C22H22FNO3/c1-11-6-16(23)22-15(10-19(27)24(22)14-4-5-14)20(11)21-17(25)8-13(9-18(21)26)7-12-2-3-12/h6,8-9,12,14,25-26H,2-5,7,10H2,1H3. The van der Waals surface area contributed by atoms with Crippen LogP contribution in [0.1, 0.15) is 42.4 Å². The quantitative estimate of drug-likeness (QED) is 0.851. The third-order valence-electron chi connectivity index (χ3n) is 5.93. The lowest BCUT2D eigenvalue weighted by Crippen LogP contribution is -2.29. The number of hydrogen-bond acceptors (Lipinski definition) is 3. The SMILES string of the molecule is Cc1cc(F)c2c(c1-c1c(O)cc(CC3CC3)cc1O)CC(=O)N2C1CC1. The Morgan fingerprint density at radius 2 is 1.74 bits per heavy atom. The first kappa shape index (κ1) is 16.6. The highest BCUT2D eigenvalue weighted by Gasteiger charge is 2.42. The van der Waals surface area contributed by atoms with Gasteiger partial charge in [-0.2, -0.15) is 0 Å². The molecule has 0 unspecified atom stereocenters. The summed E-state index contributed by atoms with van der Waals surface area (Å²) in [5, 5.41) is 21.4. The molecule has 2 aromatic carbocycles. The van der Waals surface area contributed by atoms with Crippen LogP contribution in [-0.2, 0) is 17.6 Å². The van der Waals surface area contributed by atoms with Gasteiger partial charge < -0.3 is 15.1 Å². The van der Waals surface area contributed by atoms with E-state index in [-0.39, 0.29) is 29.9 Å². The highest BCUT2D eigenvalue weighted by atomic mass is 19.1. The maximum absolute atomic E-state index is 14.8. The number of phenolic OH excluding ortho intramolecular Hbond substituents is 2. The van der Waals surface area contributed by atoms with E-state index in [4.69, 9.17) is 0 Å². The normalized spacial score (nSPS) is 18.9. The summed E-state index contributed by atoms with van der Waals surface area (Å²) < 4.78 is 14.8. The second-order valence-electron chi connectivity index (χ2n) is 8.21. The van der Waals surface area contributed by atoms with Gasteiger partial charge in [0.2, 0.25) is 5.91 Å². The average Bonchev–Trinajstić information content (AvgIpc) is 3.50. The van der Waals surface area contributed by atoms with Gasteiger partial charge in [0, 0.05) is 6.04 Å². The molecule has 2 fully saturated rings. The largest absolute Gasteiger partial charge is 0.507 e. The van der Waals surface area contributed by atoms with Crippen molar-refractivity contribution < 1.29 is 19.4 Å². The summed E-state index contributed by atoms with van der Waals surface area (Å²) in [6, 6.07) is 4.86. The van der Waals surface area contributed by atoms with Crippen molar-refractivity contribution in [2.45, 2.75) is 51.5 Å². The smallest absolute Gasteiger partial charge is 0.231 e. The van der Waals surface area contributed by atoms with Crippen LogP contribution < -0.4 is 4.90 Å². The highest BCUT2D eigenvalue weighted by Crippen LogP contribution is 2.49. The van der Waals surface area contributed by atoms with E-state index in [2.05, 4.69) is 0 Å². The molecule has 0 spiro atoms. The molecule has 5 rings (SSSR count). The number of benzene rings is 2. The molecule has 2 saturated carbocycles. The number of nitrogens with zero attached hydrogens (tertiary/aromatic N) is 1. The molecule has 1 heterocycles. The Balaban J connectivity index is 1.67. The number of aryl methyl sites for hydroxylation is 1. The van der Waals surface area contributed by atoms with Crippen LogP contribution in [0.25, 0.3) is 11.1 Å². The van der Waals surface area contributed by atoms with Crippen LogP contribution in [0.5, 0.6) is 11.5 Å². The summed E-state index contributed by atoms with van der Waals surface area (Å²) in [5.41, 5.74) is 3.29. The summed E-state index contributed by atoms with van der Waals surface area (Å²) in [5.74, 6) is 0.0897. The molecule has 5 heteroatoms. The summed E-state index contributed by atoms with van der Waals surface area (Å²) in [7, 11) is 0. The molecule has 1 amide bonds. The van der Waals surface area contributed by atoms with Gasteiger partial charge in [-0.3, -0.25) is 4.79 Å². The minimum absolute atomic E-state index is 0.0140. The average molecular weight is 367 g/mol. The Labute approximate surface area is 157 Å². The monoisotopic (exact) mass is 367 g/mol. The maximum Gasteiger partial charge on any atom is 0.231 e. The Morgan fingerprint density at radius 1 is 1.07 bits per heavy atom. The number of fused-ring (bicyclic) bond motifs is 1. The molecular weight excluding hydrogens is 345 g/mol. The topological polar surface area (TPSA) is 60.8 Å². The molecule has 4 nitrogen and oxygen atoms in total. The predicted molar refractivity (Wildman–Crippen MR) is 101 cm³/mol. The van der Waals surface area contributed by atoms with E-state index in [1.807, 2.05) is 0 Å². The van der Waals surface area contributed by atoms with Crippen LogP contribution in [0.4, 0.5) is 10.1 Å². The highest BCUT2D eigenvalue weighted by molar-refractivity contribution is 6.06. The molecule has 2 N–H and O–H groups in total. The Morgan fingerprint density at radius 3 is 2.33 bits per heavy atom. The zero-order chi connectivity index (χ0) is 18.9. The number of phenols is 2. The minimum Gasteiger partial charge on any atom is -0.507 e. The van der Waals surface area contributed by atoms with Crippen molar-refractivity contribution in [2.24, 2.45) is 5.92 Å². The second kappa shape index (κ2) is 5.72. The fourth-order valence-corrected chi connectivity index (χ4v) is 4.39. The molecule has 3 aliphatic rings. The van der Waals surface area contributed by atoms with E-state index < -0.39 is 5.82 Å². The molecule has 0 atom stereocenters. The summed E-state index contributed by atoms with van der Waals surface area (Å²) in [6.07, 6.45) is 5.10. The van der Waals surface area contributed by atoms with Crippen molar-refractivity contribution in [3.63, 3.8) is 0 Å². The van der Waals surface area contributed by atoms with Gasteiger partial charge in [-0.25, -0.2) is 4.39 Å². The number of hydrogen-bond donors (Lipinski definition) is 2. The van der Waals surface area contributed by atoms with Gasteiger partial charge in [0.15, 0.2) is 0 Å².